The fraction of sp³-hybridized carbons (Fsp3) is 0.462. The van der Waals surface area contributed by atoms with E-state index in [4.69, 9.17) is 5.11 Å². The minimum absolute atomic E-state index is 0.0479. The highest BCUT2D eigenvalue weighted by Crippen LogP contribution is 2.17. The molecule has 1 aromatic carbocycles. The van der Waals surface area contributed by atoms with E-state index >= 15 is 0 Å². The van der Waals surface area contributed by atoms with Gasteiger partial charge in [-0.15, -0.1) is 0 Å². The summed E-state index contributed by atoms with van der Waals surface area (Å²) in [5.74, 6) is 0.0479. The molecule has 0 aliphatic heterocycles. The number of carbonyl (C=O) groups is 1. The van der Waals surface area contributed by atoms with Gasteiger partial charge >= 0.3 is 0 Å². The van der Waals surface area contributed by atoms with E-state index in [-0.39, 0.29) is 12.5 Å². The third-order valence-corrected chi connectivity index (χ3v) is 2.45. The third-order valence-electron chi connectivity index (χ3n) is 2.45. The average Bonchev–Trinajstić information content (AvgIpc) is 2.24. The summed E-state index contributed by atoms with van der Waals surface area (Å²) in [6.07, 6.45) is 2.02. The standard InChI is InChI=1S/C13H19NO2/c1-3-4-13(16)14-12-9-11(7-8-15)6-5-10(12)2/h5-6,9,15H,3-4,7-8H2,1-2H3,(H,14,16). The molecule has 0 saturated heterocycles. The van der Waals surface area contributed by atoms with Gasteiger partial charge in [0.15, 0.2) is 0 Å². The molecule has 1 aromatic rings. The molecule has 88 valence electrons. The molecule has 0 heterocycles. The van der Waals surface area contributed by atoms with Crippen molar-refractivity contribution in [2.45, 2.75) is 33.1 Å². The number of aliphatic hydroxyl groups is 1. The van der Waals surface area contributed by atoms with Gasteiger partial charge in [0, 0.05) is 18.7 Å². The fourth-order valence-electron chi connectivity index (χ4n) is 1.53. The second kappa shape index (κ2) is 6.28. The number of nitrogens with one attached hydrogen (secondary N) is 1. The highest BCUT2D eigenvalue weighted by Gasteiger charge is 2.04. The van der Waals surface area contributed by atoms with E-state index in [1.165, 1.54) is 0 Å². The quantitative estimate of drug-likeness (QED) is 0.801. The first kappa shape index (κ1) is 12.7. The van der Waals surface area contributed by atoms with Gasteiger partial charge in [-0.05, 0) is 37.0 Å². The molecule has 0 aliphatic carbocycles. The number of carbonyl (C=O) groups excluding carboxylic acids is 1. The lowest BCUT2D eigenvalue weighted by molar-refractivity contribution is -0.116. The van der Waals surface area contributed by atoms with Crippen molar-refractivity contribution >= 4 is 11.6 Å². The Morgan fingerprint density at radius 2 is 2.19 bits per heavy atom. The summed E-state index contributed by atoms with van der Waals surface area (Å²) in [4.78, 5) is 11.5. The van der Waals surface area contributed by atoms with E-state index in [2.05, 4.69) is 5.32 Å². The zero-order chi connectivity index (χ0) is 12.0. The van der Waals surface area contributed by atoms with Crippen LogP contribution in [0.5, 0.6) is 0 Å². The maximum Gasteiger partial charge on any atom is 0.224 e. The molecule has 0 fully saturated rings. The van der Waals surface area contributed by atoms with Crippen LogP contribution in [-0.2, 0) is 11.2 Å². The number of aryl methyl sites for hydroxylation is 1. The number of hydrogen-bond donors (Lipinski definition) is 2. The Labute approximate surface area is 96.5 Å². The van der Waals surface area contributed by atoms with Gasteiger partial charge in [0.05, 0.1) is 0 Å². The van der Waals surface area contributed by atoms with E-state index in [1.807, 2.05) is 32.0 Å². The molecule has 0 unspecified atom stereocenters. The largest absolute Gasteiger partial charge is 0.396 e. The highest BCUT2D eigenvalue weighted by atomic mass is 16.2. The normalized spacial score (nSPS) is 10.2. The predicted octanol–water partition coefficient (Wildman–Crippen LogP) is 2.27. The number of amides is 1. The van der Waals surface area contributed by atoms with Crippen LogP contribution in [0.25, 0.3) is 0 Å². The van der Waals surface area contributed by atoms with Crippen molar-refractivity contribution in [1.82, 2.24) is 0 Å². The van der Waals surface area contributed by atoms with Gasteiger partial charge in [-0.3, -0.25) is 4.79 Å². The predicted molar refractivity (Wildman–Crippen MR) is 65.5 cm³/mol. The van der Waals surface area contributed by atoms with Crippen molar-refractivity contribution in [3.63, 3.8) is 0 Å². The molecule has 0 aromatic heterocycles. The van der Waals surface area contributed by atoms with Crippen molar-refractivity contribution in [2.24, 2.45) is 0 Å². The lowest BCUT2D eigenvalue weighted by Crippen LogP contribution is -2.12. The fourth-order valence-corrected chi connectivity index (χ4v) is 1.53. The van der Waals surface area contributed by atoms with Gasteiger partial charge in [-0.1, -0.05) is 19.1 Å². The molecular weight excluding hydrogens is 202 g/mol. The zero-order valence-corrected chi connectivity index (χ0v) is 9.92. The van der Waals surface area contributed by atoms with Crippen molar-refractivity contribution in [1.29, 1.82) is 0 Å². The van der Waals surface area contributed by atoms with Gasteiger partial charge < -0.3 is 10.4 Å². The molecule has 0 aliphatic rings. The molecule has 0 atom stereocenters. The molecular formula is C13H19NO2. The van der Waals surface area contributed by atoms with Crippen LogP contribution < -0.4 is 5.32 Å². The molecule has 3 nitrogen and oxygen atoms in total. The molecule has 0 bridgehead atoms. The van der Waals surface area contributed by atoms with Crippen LogP contribution in [0, 0.1) is 6.92 Å². The summed E-state index contributed by atoms with van der Waals surface area (Å²) in [6, 6.07) is 5.87. The lowest BCUT2D eigenvalue weighted by Gasteiger charge is -2.09. The molecule has 1 amide bonds. The summed E-state index contributed by atoms with van der Waals surface area (Å²) in [5.41, 5.74) is 2.94. The first-order chi connectivity index (χ1) is 7.67. The molecule has 1 rings (SSSR count). The second-order valence-electron chi connectivity index (χ2n) is 3.92. The Morgan fingerprint density at radius 3 is 2.81 bits per heavy atom. The number of aliphatic hydroxyl groups excluding tert-OH is 1. The third kappa shape index (κ3) is 3.66. The van der Waals surface area contributed by atoms with Crippen LogP contribution in [0.3, 0.4) is 0 Å². The average molecular weight is 221 g/mol. The molecule has 3 heteroatoms. The minimum atomic E-state index is 0.0479. The van der Waals surface area contributed by atoms with E-state index < -0.39 is 0 Å². The van der Waals surface area contributed by atoms with E-state index in [0.29, 0.717) is 12.8 Å². The maximum absolute atomic E-state index is 11.5. The molecule has 0 spiro atoms. The molecule has 2 N–H and O–H groups in total. The van der Waals surface area contributed by atoms with E-state index in [0.717, 1.165) is 23.2 Å². The Hall–Kier alpha value is -1.35. The van der Waals surface area contributed by atoms with Crippen molar-refractivity contribution in [3.8, 4) is 0 Å². The van der Waals surface area contributed by atoms with Crippen LogP contribution >= 0.6 is 0 Å². The van der Waals surface area contributed by atoms with Gasteiger partial charge in [-0.2, -0.15) is 0 Å². The maximum atomic E-state index is 11.5. The summed E-state index contributed by atoms with van der Waals surface area (Å²) in [6.45, 7) is 4.07. The Balaban J connectivity index is 2.77. The first-order valence-corrected chi connectivity index (χ1v) is 5.67. The number of anilines is 1. The van der Waals surface area contributed by atoms with Crippen LogP contribution in [0.15, 0.2) is 18.2 Å². The Kier molecular flexibility index (Phi) is 4.99. The van der Waals surface area contributed by atoms with Gasteiger partial charge in [0.2, 0.25) is 5.91 Å². The lowest BCUT2D eigenvalue weighted by atomic mass is 10.1. The van der Waals surface area contributed by atoms with Gasteiger partial charge in [-0.25, -0.2) is 0 Å². The SMILES string of the molecule is CCCC(=O)Nc1cc(CCO)ccc1C. The monoisotopic (exact) mass is 221 g/mol. The first-order valence-electron chi connectivity index (χ1n) is 5.67. The zero-order valence-electron chi connectivity index (χ0n) is 9.92. The minimum Gasteiger partial charge on any atom is -0.396 e. The topological polar surface area (TPSA) is 49.3 Å². The van der Waals surface area contributed by atoms with Crippen LogP contribution in [0.2, 0.25) is 0 Å². The van der Waals surface area contributed by atoms with Crippen LogP contribution in [0.4, 0.5) is 5.69 Å². The molecule has 16 heavy (non-hydrogen) atoms. The smallest absolute Gasteiger partial charge is 0.224 e. The van der Waals surface area contributed by atoms with Gasteiger partial charge in [0.1, 0.15) is 0 Å². The molecule has 0 saturated carbocycles. The summed E-state index contributed by atoms with van der Waals surface area (Å²) < 4.78 is 0. The van der Waals surface area contributed by atoms with Crippen molar-refractivity contribution in [2.75, 3.05) is 11.9 Å². The Bertz CT molecular complexity index is 361. The Morgan fingerprint density at radius 1 is 1.44 bits per heavy atom. The van der Waals surface area contributed by atoms with Crippen molar-refractivity contribution in [3.05, 3.63) is 29.3 Å². The molecule has 0 radical (unpaired) electrons. The number of rotatable bonds is 5. The van der Waals surface area contributed by atoms with Crippen molar-refractivity contribution < 1.29 is 9.90 Å². The number of benzene rings is 1. The van der Waals surface area contributed by atoms with Crippen LogP contribution in [0.1, 0.15) is 30.9 Å². The van der Waals surface area contributed by atoms with E-state index in [9.17, 15) is 4.79 Å². The van der Waals surface area contributed by atoms with Crippen LogP contribution in [-0.4, -0.2) is 17.6 Å². The number of hydrogen-bond acceptors (Lipinski definition) is 2. The van der Waals surface area contributed by atoms with E-state index in [1.54, 1.807) is 0 Å². The summed E-state index contributed by atoms with van der Waals surface area (Å²) >= 11 is 0. The summed E-state index contributed by atoms with van der Waals surface area (Å²) in [5, 5.41) is 11.7. The highest BCUT2D eigenvalue weighted by molar-refractivity contribution is 5.91. The van der Waals surface area contributed by atoms with Gasteiger partial charge in [0.25, 0.3) is 0 Å². The summed E-state index contributed by atoms with van der Waals surface area (Å²) in [7, 11) is 0. The second-order valence-corrected chi connectivity index (χ2v) is 3.92.